The standard InChI is InChI=1S/C27H24N2O3S/c1-3-32-26(31)24-19(2)28-27-29(22(24)18-17-21-13-8-5-9-14-21)25(30)23(33-27)16-10-15-20-11-6-4-7-12-20/h4-18,22H,3H2,1-2H3/b15-10-,18-17+,23-16+. The number of thiazole rings is 1. The maximum atomic E-state index is 13.4. The van der Waals surface area contributed by atoms with Gasteiger partial charge in [-0.15, -0.1) is 0 Å². The summed E-state index contributed by atoms with van der Waals surface area (Å²) in [7, 11) is 0. The fourth-order valence-corrected chi connectivity index (χ4v) is 4.61. The van der Waals surface area contributed by atoms with Gasteiger partial charge < -0.3 is 4.74 Å². The Balaban J connectivity index is 1.79. The summed E-state index contributed by atoms with van der Waals surface area (Å²) in [5, 5.41) is 0. The van der Waals surface area contributed by atoms with E-state index < -0.39 is 12.0 Å². The lowest BCUT2D eigenvalue weighted by Crippen LogP contribution is -2.38. The average molecular weight is 457 g/mol. The van der Waals surface area contributed by atoms with Crippen molar-refractivity contribution in [2.75, 3.05) is 6.61 Å². The SMILES string of the molecule is CCOC(=O)C1=C(C)N=c2s/c(=C/C=C\c3ccccc3)c(=O)n2C1/C=C/c1ccccc1. The third-order valence-electron chi connectivity index (χ3n) is 5.17. The maximum Gasteiger partial charge on any atom is 0.338 e. The first-order valence-electron chi connectivity index (χ1n) is 10.7. The molecule has 0 bridgehead atoms. The van der Waals surface area contributed by atoms with Gasteiger partial charge >= 0.3 is 5.97 Å². The van der Waals surface area contributed by atoms with Crippen molar-refractivity contribution in [3.05, 3.63) is 115 Å². The van der Waals surface area contributed by atoms with Crippen LogP contribution in [0.25, 0.3) is 18.2 Å². The van der Waals surface area contributed by atoms with Gasteiger partial charge in [0, 0.05) is 0 Å². The van der Waals surface area contributed by atoms with Crippen LogP contribution in [-0.4, -0.2) is 17.1 Å². The van der Waals surface area contributed by atoms with E-state index in [1.54, 1.807) is 24.5 Å². The third-order valence-corrected chi connectivity index (χ3v) is 6.17. The van der Waals surface area contributed by atoms with Gasteiger partial charge in [-0.1, -0.05) is 96.3 Å². The number of rotatable bonds is 6. The molecule has 1 aliphatic rings. The topological polar surface area (TPSA) is 60.7 Å². The second-order valence-electron chi connectivity index (χ2n) is 7.41. The number of ether oxygens (including phenoxy) is 1. The molecule has 0 radical (unpaired) electrons. The second kappa shape index (κ2) is 10.2. The van der Waals surface area contributed by atoms with Gasteiger partial charge in [0.05, 0.1) is 28.5 Å². The van der Waals surface area contributed by atoms with Crippen LogP contribution in [0.4, 0.5) is 0 Å². The fraction of sp³-hybridized carbons (Fsp3) is 0.148. The molecule has 0 fully saturated rings. The number of nitrogens with zero attached hydrogens (tertiary/aromatic N) is 2. The van der Waals surface area contributed by atoms with E-state index in [1.165, 1.54) is 11.3 Å². The predicted molar refractivity (Wildman–Crippen MR) is 133 cm³/mol. The Morgan fingerprint density at radius 2 is 1.70 bits per heavy atom. The highest BCUT2D eigenvalue weighted by Crippen LogP contribution is 2.26. The molecule has 33 heavy (non-hydrogen) atoms. The smallest absolute Gasteiger partial charge is 0.338 e. The van der Waals surface area contributed by atoms with Crippen molar-refractivity contribution in [1.82, 2.24) is 4.57 Å². The lowest BCUT2D eigenvalue weighted by Gasteiger charge is -2.21. The van der Waals surface area contributed by atoms with Gasteiger partial charge in [-0.05, 0) is 31.1 Å². The maximum absolute atomic E-state index is 13.4. The largest absolute Gasteiger partial charge is 0.463 e. The van der Waals surface area contributed by atoms with Crippen molar-refractivity contribution >= 4 is 35.5 Å². The van der Waals surface area contributed by atoms with Crippen LogP contribution in [0.2, 0.25) is 0 Å². The Hall–Kier alpha value is -3.77. The number of fused-ring (bicyclic) bond motifs is 1. The molecule has 6 heteroatoms. The number of carbonyl (C=O) groups is 1. The summed E-state index contributed by atoms with van der Waals surface area (Å²) in [4.78, 5) is 31.3. The Kier molecular flexibility index (Phi) is 6.95. The number of benzene rings is 2. The van der Waals surface area contributed by atoms with Gasteiger partial charge in [0.25, 0.3) is 5.56 Å². The molecule has 1 atom stereocenters. The first-order chi connectivity index (χ1) is 16.1. The molecule has 1 unspecified atom stereocenters. The lowest BCUT2D eigenvalue weighted by atomic mass is 10.0. The van der Waals surface area contributed by atoms with Crippen molar-refractivity contribution in [2.45, 2.75) is 19.9 Å². The Morgan fingerprint density at radius 3 is 2.33 bits per heavy atom. The second-order valence-corrected chi connectivity index (χ2v) is 8.42. The van der Waals surface area contributed by atoms with Crippen LogP contribution < -0.4 is 14.9 Å². The molecule has 0 N–H and O–H groups in total. The highest BCUT2D eigenvalue weighted by atomic mass is 32.1. The number of hydrogen-bond acceptors (Lipinski definition) is 5. The third kappa shape index (κ3) is 5.02. The van der Waals surface area contributed by atoms with Gasteiger partial charge in [-0.3, -0.25) is 9.36 Å². The molecule has 4 rings (SSSR count). The normalized spacial score (nSPS) is 16.3. The van der Waals surface area contributed by atoms with Gasteiger partial charge in [-0.25, -0.2) is 9.79 Å². The minimum Gasteiger partial charge on any atom is -0.463 e. The van der Waals surface area contributed by atoms with E-state index in [4.69, 9.17) is 4.74 Å². The summed E-state index contributed by atoms with van der Waals surface area (Å²) in [6.07, 6.45) is 9.37. The summed E-state index contributed by atoms with van der Waals surface area (Å²) in [6.45, 7) is 3.79. The molecule has 0 saturated heterocycles. The zero-order chi connectivity index (χ0) is 23.2. The number of carbonyl (C=O) groups excluding carboxylic acids is 1. The molecule has 0 saturated carbocycles. The molecule has 3 aromatic rings. The molecule has 0 aliphatic carbocycles. The molecule has 5 nitrogen and oxygen atoms in total. The number of allylic oxidation sites excluding steroid dienone is 3. The van der Waals surface area contributed by atoms with Crippen LogP contribution in [0.3, 0.4) is 0 Å². The van der Waals surface area contributed by atoms with Crippen LogP contribution in [0.15, 0.2) is 93.9 Å². The van der Waals surface area contributed by atoms with Crippen LogP contribution in [0.5, 0.6) is 0 Å². The molecule has 0 amide bonds. The minimum absolute atomic E-state index is 0.187. The van der Waals surface area contributed by atoms with Gasteiger partial charge in [0.15, 0.2) is 4.80 Å². The van der Waals surface area contributed by atoms with Crippen LogP contribution in [0, 0.1) is 0 Å². The minimum atomic E-state index is -0.597. The summed E-state index contributed by atoms with van der Waals surface area (Å²) in [5.41, 5.74) is 2.77. The Labute approximate surface area is 196 Å². The zero-order valence-corrected chi connectivity index (χ0v) is 19.3. The first kappa shape index (κ1) is 22.4. The van der Waals surface area contributed by atoms with Gasteiger partial charge in [0.1, 0.15) is 0 Å². The molecule has 1 aliphatic heterocycles. The van der Waals surface area contributed by atoms with E-state index in [0.717, 1.165) is 11.1 Å². The first-order valence-corrected chi connectivity index (χ1v) is 11.5. The highest BCUT2D eigenvalue weighted by molar-refractivity contribution is 7.07. The van der Waals surface area contributed by atoms with Crippen molar-refractivity contribution in [3.8, 4) is 0 Å². The van der Waals surface area contributed by atoms with Crippen LogP contribution in [0.1, 0.15) is 31.0 Å². The van der Waals surface area contributed by atoms with Crippen LogP contribution >= 0.6 is 11.3 Å². The van der Waals surface area contributed by atoms with Crippen molar-refractivity contribution in [1.29, 1.82) is 0 Å². The van der Waals surface area contributed by atoms with Crippen molar-refractivity contribution in [3.63, 3.8) is 0 Å². The molecule has 2 aromatic carbocycles. The molecule has 2 heterocycles. The lowest BCUT2D eigenvalue weighted by molar-refractivity contribution is -0.139. The average Bonchev–Trinajstić information content (AvgIpc) is 3.13. The van der Waals surface area contributed by atoms with Crippen molar-refractivity contribution < 1.29 is 9.53 Å². The van der Waals surface area contributed by atoms with Crippen molar-refractivity contribution in [2.24, 2.45) is 4.99 Å². The Bertz CT molecular complexity index is 1410. The number of aromatic nitrogens is 1. The van der Waals surface area contributed by atoms with Gasteiger partial charge in [0.2, 0.25) is 0 Å². The summed E-state index contributed by atoms with van der Waals surface area (Å²) >= 11 is 1.31. The summed E-state index contributed by atoms with van der Waals surface area (Å²) < 4.78 is 7.42. The van der Waals surface area contributed by atoms with E-state index >= 15 is 0 Å². The zero-order valence-electron chi connectivity index (χ0n) is 18.5. The fourth-order valence-electron chi connectivity index (χ4n) is 3.61. The van der Waals surface area contributed by atoms with Crippen LogP contribution in [-0.2, 0) is 9.53 Å². The number of hydrogen-bond donors (Lipinski definition) is 0. The predicted octanol–water partition coefficient (Wildman–Crippen LogP) is 4.13. The monoisotopic (exact) mass is 456 g/mol. The molecular formula is C27H24N2O3S. The van der Waals surface area contributed by atoms with E-state index in [1.807, 2.05) is 85.0 Å². The summed E-state index contributed by atoms with van der Waals surface area (Å²) in [6, 6.07) is 19.0. The highest BCUT2D eigenvalue weighted by Gasteiger charge is 2.30. The molecular weight excluding hydrogens is 432 g/mol. The quantitative estimate of drug-likeness (QED) is 0.524. The molecule has 166 valence electrons. The van der Waals surface area contributed by atoms with E-state index in [9.17, 15) is 9.59 Å². The van der Waals surface area contributed by atoms with E-state index in [2.05, 4.69) is 4.99 Å². The molecule has 1 aromatic heterocycles. The van der Waals surface area contributed by atoms with Gasteiger partial charge in [-0.2, -0.15) is 0 Å². The van der Waals surface area contributed by atoms with E-state index in [-0.39, 0.29) is 12.2 Å². The number of esters is 1. The summed E-state index contributed by atoms with van der Waals surface area (Å²) in [5.74, 6) is -0.459. The molecule has 0 spiro atoms. The van der Waals surface area contributed by atoms with E-state index in [0.29, 0.717) is 20.6 Å². The Morgan fingerprint density at radius 1 is 1.06 bits per heavy atom.